The van der Waals surface area contributed by atoms with E-state index in [1.807, 2.05) is 24.3 Å². The van der Waals surface area contributed by atoms with E-state index in [0.717, 1.165) is 19.3 Å². The second-order valence-electron chi connectivity index (χ2n) is 6.47. The van der Waals surface area contributed by atoms with Gasteiger partial charge >= 0.3 is 5.97 Å². The number of carboxylic acid groups (broad SMARTS) is 1. The highest BCUT2D eigenvalue weighted by atomic mass is 19.2. The summed E-state index contributed by atoms with van der Waals surface area (Å²) in [4.78, 5) is 10.9. The highest BCUT2D eigenvalue weighted by molar-refractivity contribution is 5.88. The van der Waals surface area contributed by atoms with Crippen LogP contribution in [0.1, 0.15) is 35.7 Å². The van der Waals surface area contributed by atoms with Gasteiger partial charge < -0.3 is 5.11 Å². The van der Waals surface area contributed by atoms with Crippen molar-refractivity contribution in [2.75, 3.05) is 0 Å². The smallest absolute Gasteiger partial charge is 0.335 e. The first-order valence-corrected chi connectivity index (χ1v) is 8.92. The molecule has 4 heteroatoms. The Kier molecular flexibility index (Phi) is 5.65. The first-order valence-electron chi connectivity index (χ1n) is 8.92. The van der Waals surface area contributed by atoms with Gasteiger partial charge in [0.2, 0.25) is 0 Å². The summed E-state index contributed by atoms with van der Waals surface area (Å²) < 4.78 is 29.3. The predicted molar refractivity (Wildman–Crippen MR) is 103 cm³/mol. The van der Waals surface area contributed by atoms with Crippen molar-refractivity contribution in [1.82, 2.24) is 0 Å². The Morgan fingerprint density at radius 1 is 0.815 bits per heavy atom. The first kappa shape index (κ1) is 18.8. The van der Waals surface area contributed by atoms with Gasteiger partial charge in [0.25, 0.3) is 0 Å². The van der Waals surface area contributed by atoms with Gasteiger partial charge in [-0.25, -0.2) is 13.6 Å². The predicted octanol–water partition coefficient (Wildman–Crippen LogP) is 6.34. The van der Waals surface area contributed by atoms with Crippen molar-refractivity contribution < 1.29 is 18.7 Å². The van der Waals surface area contributed by atoms with Gasteiger partial charge in [-0.05, 0) is 41.7 Å². The molecule has 0 aromatic heterocycles. The van der Waals surface area contributed by atoms with Crippen LogP contribution in [0.25, 0.3) is 22.3 Å². The Morgan fingerprint density at radius 3 is 1.74 bits per heavy atom. The Morgan fingerprint density at radius 2 is 1.30 bits per heavy atom. The van der Waals surface area contributed by atoms with E-state index in [1.54, 1.807) is 6.07 Å². The van der Waals surface area contributed by atoms with Crippen molar-refractivity contribution >= 4 is 5.97 Å². The van der Waals surface area contributed by atoms with Crippen molar-refractivity contribution in [1.29, 1.82) is 0 Å². The molecule has 0 aliphatic rings. The average molecular weight is 366 g/mol. The molecule has 138 valence electrons. The van der Waals surface area contributed by atoms with E-state index in [-0.39, 0.29) is 16.7 Å². The minimum atomic E-state index is -1.06. The molecule has 0 spiro atoms. The van der Waals surface area contributed by atoms with Crippen LogP contribution in [0.2, 0.25) is 0 Å². The van der Waals surface area contributed by atoms with Crippen LogP contribution in [0.4, 0.5) is 8.78 Å². The first-order chi connectivity index (χ1) is 13.0. The Balaban J connectivity index is 1.92. The summed E-state index contributed by atoms with van der Waals surface area (Å²) in [6.07, 6.45) is 3.17. The quantitative estimate of drug-likeness (QED) is 0.553. The molecule has 3 rings (SSSR count). The summed E-state index contributed by atoms with van der Waals surface area (Å²) in [5.74, 6) is -2.91. The summed E-state index contributed by atoms with van der Waals surface area (Å²) >= 11 is 0. The summed E-state index contributed by atoms with van der Waals surface area (Å²) in [5, 5.41) is 8.94. The van der Waals surface area contributed by atoms with Crippen LogP contribution in [-0.2, 0) is 6.42 Å². The number of unbranched alkanes of at least 4 members (excludes halogenated alkanes) is 1. The van der Waals surface area contributed by atoms with E-state index in [0.29, 0.717) is 11.1 Å². The zero-order chi connectivity index (χ0) is 19.4. The normalized spacial score (nSPS) is 10.8. The van der Waals surface area contributed by atoms with Gasteiger partial charge in [0, 0.05) is 11.1 Å². The molecule has 0 atom stereocenters. The van der Waals surface area contributed by atoms with Crippen LogP contribution >= 0.6 is 0 Å². The summed E-state index contributed by atoms with van der Waals surface area (Å²) in [5.41, 5.74) is 2.64. The fraction of sp³-hybridized carbons (Fsp3) is 0.174. The molecule has 0 unspecified atom stereocenters. The minimum Gasteiger partial charge on any atom is -0.478 e. The second-order valence-corrected chi connectivity index (χ2v) is 6.47. The van der Waals surface area contributed by atoms with E-state index < -0.39 is 17.6 Å². The zero-order valence-corrected chi connectivity index (χ0v) is 15.0. The lowest BCUT2D eigenvalue weighted by molar-refractivity contribution is 0.0697. The average Bonchev–Trinajstić information content (AvgIpc) is 2.69. The highest BCUT2D eigenvalue weighted by Crippen LogP contribution is 2.31. The molecule has 3 aromatic rings. The van der Waals surface area contributed by atoms with Crippen LogP contribution in [0.5, 0.6) is 0 Å². The highest BCUT2D eigenvalue weighted by Gasteiger charge is 2.16. The van der Waals surface area contributed by atoms with E-state index in [4.69, 9.17) is 5.11 Å². The van der Waals surface area contributed by atoms with E-state index in [9.17, 15) is 13.6 Å². The monoisotopic (exact) mass is 366 g/mol. The zero-order valence-electron chi connectivity index (χ0n) is 15.0. The number of benzene rings is 3. The van der Waals surface area contributed by atoms with Gasteiger partial charge in [0.05, 0.1) is 5.56 Å². The molecule has 0 saturated carbocycles. The lowest BCUT2D eigenvalue weighted by Crippen LogP contribution is -1.97. The van der Waals surface area contributed by atoms with Crippen molar-refractivity contribution in [2.24, 2.45) is 0 Å². The SMILES string of the molecule is CCCCc1ccc(-c2ccc(-c3ccc(C(=O)O)cc3)c(F)c2F)cc1. The molecule has 0 aliphatic carbocycles. The standard InChI is InChI=1S/C23H20F2O2/c1-2-3-4-15-5-7-16(8-6-15)19-13-14-20(22(25)21(19)24)17-9-11-18(12-10-17)23(26)27/h5-14H,2-4H2,1H3,(H,26,27). The molecule has 0 aliphatic heterocycles. The Hall–Kier alpha value is -3.01. The molecule has 0 bridgehead atoms. The van der Waals surface area contributed by atoms with Crippen molar-refractivity contribution in [2.45, 2.75) is 26.2 Å². The fourth-order valence-electron chi connectivity index (χ4n) is 3.02. The summed E-state index contributed by atoms with van der Waals surface area (Å²) in [6.45, 7) is 2.13. The molecule has 0 radical (unpaired) electrons. The number of aromatic carboxylic acids is 1. The molecule has 0 saturated heterocycles. The Bertz CT molecular complexity index is 945. The van der Waals surface area contributed by atoms with Gasteiger partial charge in [0.1, 0.15) is 0 Å². The van der Waals surface area contributed by atoms with Crippen molar-refractivity contribution in [3.8, 4) is 22.3 Å². The van der Waals surface area contributed by atoms with Crippen LogP contribution in [0, 0.1) is 11.6 Å². The van der Waals surface area contributed by atoms with Gasteiger partial charge in [-0.2, -0.15) is 0 Å². The molecule has 27 heavy (non-hydrogen) atoms. The van der Waals surface area contributed by atoms with Gasteiger partial charge in [-0.1, -0.05) is 61.9 Å². The molecular weight excluding hydrogens is 346 g/mol. The second kappa shape index (κ2) is 8.12. The number of aryl methyl sites for hydroxylation is 1. The third-order valence-electron chi connectivity index (χ3n) is 4.61. The van der Waals surface area contributed by atoms with Crippen LogP contribution in [0.15, 0.2) is 60.7 Å². The fourth-order valence-corrected chi connectivity index (χ4v) is 3.02. The maximum absolute atomic E-state index is 14.7. The molecule has 2 nitrogen and oxygen atoms in total. The molecule has 0 fully saturated rings. The number of carbonyl (C=O) groups is 1. The third kappa shape index (κ3) is 4.05. The van der Waals surface area contributed by atoms with Crippen LogP contribution in [-0.4, -0.2) is 11.1 Å². The van der Waals surface area contributed by atoms with E-state index in [1.165, 1.54) is 35.9 Å². The topological polar surface area (TPSA) is 37.3 Å². The van der Waals surface area contributed by atoms with Gasteiger partial charge in [-0.3, -0.25) is 0 Å². The lowest BCUT2D eigenvalue weighted by atomic mass is 9.97. The van der Waals surface area contributed by atoms with Gasteiger partial charge in [-0.15, -0.1) is 0 Å². The van der Waals surface area contributed by atoms with Gasteiger partial charge in [0.15, 0.2) is 11.6 Å². The van der Waals surface area contributed by atoms with Crippen LogP contribution < -0.4 is 0 Å². The number of hydrogen-bond donors (Lipinski definition) is 1. The maximum Gasteiger partial charge on any atom is 0.335 e. The minimum absolute atomic E-state index is 0.0967. The van der Waals surface area contributed by atoms with Crippen molar-refractivity contribution in [3.63, 3.8) is 0 Å². The third-order valence-corrected chi connectivity index (χ3v) is 4.61. The largest absolute Gasteiger partial charge is 0.478 e. The number of carboxylic acids is 1. The summed E-state index contributed by atoms with van der Waals surface area (Å²) in [7, 11) is 0. The molecule has 0 heterocycles. The molecule has 1 N–H and O–H groups in total. The van der Waals surface area contributed by atoms with E-state index >= 15 is 0 Å². The number of halogens is 2. The molecule has 0 amide bonds. The summed E-state index contributed by atoms with van der Waals surface area (Å²) in [6, 6.07) is 16.3. The Labute approximate surface area is 157 Å². The van der Waals surface area contributed by atoms with E-state index in [2.05, 4.69) is 6.92 Å². The maximum atomic E-state index is 14.7. The number of hydrogen-bond acceptors (Lipinski definition) is 1. The van der Waals surface area contributed by atoms with Crippen LogP contribution in [0.3, 0.4) is 0 Å². The lowest BCUT2D eigenvalue weighted by Gasteiger charge is -2.10. The number of rotatable bonds is 6. The molecule has 3 aromatic carbocycles. The van der Waals surface area contributed by atoms with Crippen molar-refractivity contribution in [3.05, 3.63) is 83.4 Å². The molecular formula is C23H20F2O2.